The van der Waals surface area contributed by atoms with Gasteiger partial charge in [0.05, 0.1) is 0 Å². The van der Waals surface area contributed by atoms with Gasteiger partial charge in [0.2, 0.25) is 5.91 Å². The van der Waals surface area contributed by atoms with Gasteiger partial charge in [-0.15, -0.1) is 0 Å². The highest BCUT2D eigenvalue weighted by Crippen LogP contribution is 2.31. The maximum atomic E-state index is 12.0. The maximum Gasteiger partial charge on any atom is 0.228 e. The molecular weight excluding hydrogens is 214 g/mol. The minimum atomic E-state index is 0.152. The lowest BCUT2D eigenvalue weighted by Crippen LogP contribution is -2.27. The van der Waals surface area contributed by atoms with Crippen LogP contribution in [-0.2, 0) is 4.79 Å². The fourth-order valence-electron chi connectivity index (χ4n) is 2.59. The Morgan fingerprint density at radius 2 is 2.18 bits per heavy atom. The number of carbonyl (C=O) groups excluding carboxylic acids is 1. The first kappa shape index (κ1) is 12.2. The van der Waals surface area contributed by atoms with Gasteiger partial charge in [-0.3, -0.25) is 4.79 Å². The molecule has 1 aromatic rings. The van der Waals surface area contributed by atoms with Gasteiger partial charge in [0.1, 0.15) is 5.82 Å². The number of hydrogen-bond donors (Lipinski definition) is 3. The molecule has 0 aromatic carbocycles. The Morgan fingerprint density at radius 1 is 1.41 bits per heavy atom. The van der Waals surface area contributed by atoms with E-state index in [0.29, 0.717) is 0 Å². The predicted molar refractivity (Wildman–Crippen MR) is 68.5 cm³/mol. The van der Waals surface area contributed by atoms with Gasteiger partial charge in [-0.1, -0.05) is 0 Å². The van der Waals surface area contributed by atoms with Gasteiger partial charge in [0, 0.05) is 12.1 Å². The second kappa shape index (κ2) is 5.87. The number of amides is 1. The molecule has 1 fully saturated rings. The van der Waals surface area contributed by atoms with Crippen LogP contribution in [0, 0.1) is 11.8 Å². The largest absolute Gasteiger partial charge is 0.348 e. The van der Waals surface area contributed by atoms with Crippen LogP contribution in [0.15, 0.2) is 18.3 Å². The second-order valence-corrected chi connectivity index (χ2v) is 4.87. The molecule has 0 bridgehead atoms. The predicted octanol–water partition coefficient (Wildman–Crippen LogP) is 2.11. The van der Waals surface area contributed by atoms with Gasteiger partial charge in [-0.05, 0) is 56.7 Å². The Labute approximate surface area is 102 Å². The Kier molecular flexibility index (Phi) is 4.20. The van der Waals surface area contributed by atoms with E-state index < -0.39 is 0 Å². The molecule has 4 heteroatoms. The lowest BCUT2D eigenvalue weighted by molar-refractivity contribution is -0.121. The molecule has 4 nitrogen and oxygen atoms in total. The van der Waals surface area contributed by atoms with Crippen molar-refractivity contribution < 1.29 is 4.79 Å². The van der Waals surface area contributed by atoms with Gasteiger partial charge < -0.3 is 16.0 Å². The van der Waals surface area contributed by atoms with E-state index in [9.17, 15) is 4.79 Å². The molecule has 0 radical (unpaired) electrons. The topological polar surface area (TPSA) is 70.9 Å². The quantitative estimate of drug-likeness (QED) is 0.748. The first-order chi connectivity index (χ1) is 8.29. The lowest BCUT2D eigenvalue weighted by atomic mass is 9.80. The molecule has 17 heavy (non-hydrogen) atoms. The zero-order valence-corrected chi connectivity index (χ0v) is 10.1. The summed E-state index contributed by atoms with van der Waals surface area (Å²) in [6.45, 7) is 0.768. The van der Waals surface area contributed by atoms with E-state index in [1.54, 1.807) is 0 Å². The third kappa shape index (κ3) is 3.33. The number of hydrogen-bond acceptors (Lipinski definition) is 2. The molecule has 0 saturated heterocycles. The molecule has 2 rings (SSSR count). The van der Waals surface area contributed by atoms with Crippen LogP contribution in [0.4, 0.5) is 5.82 Å². The van der Waals surface area contributed by atoms with Crippen molar-refractivity contribution in [3.05, 3.63) is 18.3 Å². The van der Waals surface area contributed by atoms with E-state index in [2.05, 4.69) is 10.3 Å². The molecule has 1 aliphatic carbocycles. The molecule has 1 amide bonds. The van der Waals surface area contributed by atoms with Gasteiger partial charge in [-0.25, -0.2) is 0 Å². The standard InChI is InChI=1S/C13H21N3O/c14-8-7-10-3-5-11(6-4-10)13(17)16-12-2-1-9-15-12/h1-2,9-11,15H,3-8,14H2,(H,16,17). The van der Waals surface area contributed by atoms with Crippen molar-refractivity contribution in [1.29, 1.82) is 0 Å². The molecule has 1 saturated carbocycles. The number of anilines is 1. The van der Waals surface area contributed by atoms with Crippen LogP contribution in [0.2, 0.25) is 0 Å². The molecule has 1 heterocycles. The number of nitrogens with two attached hydrogens (primary N) is 1. The van der Waals surface area contributed by atoms with Crippen LogP contribution in [-0.4, -0.2) is 17.4 Å². The fourth-order valence-corrected chi connectivity index (χ4v) is 2.59. The van der Waals surface area contributed by atoms with E-state index in [1.165, 1.54) is 0 Å². The van der Waals surface area contributed by atoms with Crippen molar-refractivity contribution in [3.63, 3.8) is 0 Å². The summed E-state index contributed by atoms with van der Waals surface area (Å²) >= 11 is 0. The van der Waals surface area contributed by atoms with Crippen molar-refractivity contribution in [1.82, 2.24) is 4.98 Å². The summed E-state index contributed by atoms with van der Waals surface area (Å²) in [6.07, 6.45) is 7.19. The summed E-state index contributed by atoms with van der Waals surface area (Å²) in [5.74, 6) is 1.85. The molecule has 4 N–H and O–H groups in total. The number of carbonyl (C=O) groups is 1. The zero-order chi connectivity index (χ0) is 12.1. The summed E-state index contributed by atoms with van der Waals surface area (Å²) < 4.78 is 0. The van der Waals surface area contributed by atoms with Gasteiger partial charge in [0.15, 0.2) is 0 Å². The smallest absolute Gasteiger partial charge is 0.228 e. The Hall–Kier alpha value is -1.29. The van der Waals surface area contributed by atoms with Crippen LogP contribution in [0.1, 0.15) is 32.1 Å². The Bertz CT molecular complexity index is 340. The lowest BCUT2D eigenvalue weighted by Gasteiger charge is -2.27. The molecule has 0 aliphatic heterocycles. The summed E-state index contributed by atoms with van der Waals surface area (Å²) in [7, 11) is 0. The van der Waals surface area contributed by atoms with E-state index in [-0.39, 0.29) is 11.8 Å². The van der Waals surface area contributed by atoms with Crippen molar-refractivity contribution in [2.45, 2.75) is 32.1 Å². The van der Waals surface area contributed by atoms with E-state index in [1.807, 2.05) is 18.3 Å². The molecule has 1 aromatic heterocycles. The summed E-state index contributed by atoms with van der Waals surface area (Å²) in [4.78, 5) is 15.0. The molecule has 0 spiro atoms. The second-order valence-electron chi connectivity index (χ2n) is 4.87. The van der Waals surface area contributed by atoms with Crippen LogP contribution in [0.5, 0.6) is 0 Å². The van der Waals surface area contributed by atoms with Crippen LogP contribution in [0.3, 0.4) is 0 Å². The van der Waals surface area contributed by atoms with E-state index in [0.717, 1.165) is 50.4 Å². The first-order valence-electron chi connectivity index (χ1n) is 6.44. The van der Waals surface area contributed by atoms with Crippen LogP contribution < -0.4 is 11.1 Å². The maximum absolute atomic E-state index is 12.0. The molecule has 1 aliphatic rings. The highest BCUT2D eigenvalue weighted by atomic mass is 16.1. The third-order valence-corrected chi connectivity index (χ3v) is 3.65. The van der Waals surface area contributed by atoms with Crippen molar-refractivity contribution in [2.24, 2.45) is 17.6 Å². The minimum absolute atomic E-state index is 0.152. The summed E-state index contributed by atoms with van der Waals surface area (Å²) in [5, 5.41) is 2.92. The summed E-state index contributed by atoms with van der Waals surface area (Å²) in [5.41, 5.74) is 5.56. The Balaban J connectivity index is 1.78. The molecule has 94 valence electrons. The Morgan fingerprint density at radius 3 is 2.76 bits per heavy atom. The molecule has 0 unspecified atom stereocenters. The van der Waals surface area contributed by atoms with E-state index in [4.69, 9.17) is 5.73 Å². The van der Waals surface area contributed by atoms with Gasteiger partial charge in [-0.2, -0.15) is 0 Å². The molecular formula is C13H21N3O. The van der Waals surface area contributed by atoms with Gasteiger partial charge in [0.25, 0.3) is 0 Å². The minimum Gasteiger partial charge on any atom is -0.348 e. The number of H-pyrrole nitrogens is 1. The van der Waals surface area contributed by atoms with Crippen molar-refractivity contribution in [2.75, 3.05) is 11.9 Å². The number of aromatic nitrogens is 1. The average Bonchev–Trinajstić information content (AvgIpc) is 2.83. The van der Waals surface area contributed by atoms with Gasteiger partial charge >= 0.3 is 0 Å². The fraction of sp³-hybridized carbons (Fsp3) is 0.615. The number of nitrogens with one attached hydrogen (secondary N) is 2. The number of rotatable bonds is 4. The summed E-state index contributed by atoms with van der Waals surface area (Å²) in [6, 6.07) is 3.76. The zero-order valence-electron chi connectivity index (χ0n) is 10.1. The van der Waals surface area contributed by atoms with Crippen LogP contribution in [0.25, 0.3) is 0 Å². The number of aromatic amines is 1. The molecule has 0 atom stereocenters. The highest BCUT2D eigenvalue weighted by Gasteiger charge is 2.25. The first-order valence-corrected chi connectivity index (χ1v) is 6.44. The highest BCUT2D eigenvalue weighted by molar-refractivity contribution is 5.91. The van der Waals surface area contributed by atoms with Crippen molar-refractivity contribution >= 4 is 11.7 Å². The third-order valence-electron chi connectivity index (χ3n) is 3.65. The van der Waals surface area contributed by atoms with Crippen molar-refractivity contribution in [3.8, 4) is 0 Å². The van der Waals surface area contributed by atoms with E-state index >= 15 is 0 Å². The average molecular weight is 235 g/mol. The SMILES string of the molecule is NCCC1CCC(C(=O)Nc2ccc[nH]2)CC1. The normalized spacial score (nSPS) is 24.5. The monoisotopic (exact) mass is 235 g/mol. The van der Waals surface area contributed by atoms with Crippen LogP contribution >= 0.6 is 0 Å².